The van der Waals surface area contributed by atoms with Gasteiger partial charge in [0.25, 0.3) is 0 Å². The Labute approximate surface area is 174 Å². The molecule has 0 aliphatic carbocycles. The molecule has 2 N–H and O–H groups in total. The normalized spacial score (nSPS) is 16.6. The first-order valence-corrected chi connectivity index (χ1v) is 10.4. The summed E-state index contributed by atoms with van der Waals surface area (Å²) >= 11 is 0. The number of nitrogens with zero attached hydrogens (tertiary/aromatic N) is 2. The van der Waals surface area contributed by atoms with Gasteiger partial charge in [0.15, 0.2) is 5.96 Å². The van der Waals surface area contributed by atoms with Crippen LogP contribution in [0.3, 0.4) is 0 Å². The van der Waals surface area contributed by atoms with E-state index in [9.17, 15) is 0 Å². The molecule has 1 aromatic heterocycles. The summed E-state index contributed by atoms with van der Waals surface area (Å²) in [5.74, 6) is 2.69. The lowest BCUT2D eigenvalue weighted by atomic mass is 9.84. The van der Waals surface area contributed by atoms with Gasteiger partial charge >= 0.3 is 0 Å². The Bertz CT molecular complexity index is 780. The molecule has 1 atom stereocenters. The molecule has 0 bridgehead atoms. The van der Waals surface area contributed by atoms with Gasteiger partial charge in [0, 0.05) is 25.6 Å². The molecule has 1 unspecified atom stereocenters. The number of methoxy groups -OCH3 is 1. The smallest absolute Gasteiger partial charge is 0.191 e. The number of likely N-dealkylation sites (tertiary alicyclic amines) is 1. The molecule has 6 heteroatoms. The first-order valence-electron chi connectivity index (χ1n) is 10.4. The minimum atomic E-state index is -0.0679. The number of ether oxygens (including phenoxy) is 1. The quantitative estimate of drug-likeness (QED) is 0.526. The van der Waals surface area contributed by atoms with Crippen LogP contribution < -0.4 is 15.4 Å². The van der Waals surface area contributed by atoms with Crippen molar-refractivity contribution in [3.05, 3.63) is 54.0 Å². The Morgan fingerprint density at radius 2 is 2.00 bits per heavy atom. The van der Waals surface area contributed by atoms with E-state index in [4.69, 9.17) is 9.15 Å². The molecule has 3 rings (SSSR count). The lowest BCUT2D eigenvalue weighted by Gasteiger charge is -2.29. The highest BCUT2D eigenvalue weighted by atomic mass is 16.5. The highest BCUT2D eigenvalue weighted by molar-refractivity contribution is 5.79. The zero-order chi connectivity index (χ0) is 20.7. The minimum Gasteiger partial charge on any atom is -0.497 e. The van der Waals surface area contributed by atoms with Crippen molar-refractivity contribution < 1.29 is 9.15 Å². The van der Waals surface area contributed by atoms with Crippen LogP contribution in [0, 0.1) is 0 Å². The van der Waals surface area contributed by atoms with E-state index >= 15 is 0 Å². The Balaban J connectivity index is 1.59. The van der Waals surface area contributed by atoms with E-state index in [1.807, 2.05) is 25.2 Å². The average molecular weight is 399 g/mol. The Morgan fingerprint density at radius 1 is 1.21 bits per heavy atom. The Morgan fingerprint density at radius 3 is 2.66 bits per heavy atom. The summed E-state index contributed by atoms with van der Waals surface area (Å²) in [6, 6.07) is 12.5. The van der Waals surface area contributed by atoms with Gasteiger partial charge in [0.1, 0.15) is 11.5 Å². The largest absolute Gasteiger partial charge is 0.497 e. The predicted octanol–water partition coefficient (Wildman–Crippen LogP) is 3.57. The maximum Gasteiger partial charge on any atom is 0.191 e. The van der Waals surface area contributed by atoms with E-state index in [0.717, 1.165) is 43.6 Å². The van der Waals surface area contributed by atoms with Crippen molar-refractivity contribution in [1.82, 2.24) is 15.5 Å². The summed E-state index contributed by atoms with van der Waals surface area (Å²) < 4.78 is 11.1. The molecule has 0 amide bonds. The highest BCUT2D eigenvalue weighted by Gasteiger charge is 2.26. The summed E-state index contributed by atoms with van der Waals surface area (Å²) in [7, 11) is 3.51. The van der Waals surface area contributed by atoms with E-state index in [0.29, 0.717) is 0 Å². The first-order chi connectivity index (χ1) is 14.0. The Kier molecular flexibility index (Phi) is 7.20. The highest BCUT2D eigenvalue weighted by Crippen LogP contribution is 2.26. The van der Waals surface area contributed by atoms with Crippen molar-refractivity contribution in [1.29, 1.82) is 0 Å². The number of nitrogens with one attached hydrogen (secondary N) is 2. The van der Waals surface area contributed by atoms with Gasteiger partial charge in [-0.2, -0.15) is 0 Å². The fourth-order valence-electron chi connectivity index (χ4n) is 3.81. The van der Waals surface area contributed by atoms with Gasteiger partial charge < -0.3 is 19.8 Å². The summed E-state index contributed by atoms with van der Waals surface area (Å²) in [4.78, 5) is 6.90. The number of furan rings is 1. The fraction of sp³-hybridized carbons (Fsp3) is 0.522. The second kappa shape index (κ2) is 9.83. The van der Waals surface area contributed by atoms with Gasteiger partial charge in [-0.15, -0.1) is 0 Å². The third-order valence-corrected chi connectivity index (χ3v) is 5.69. The SMILES string of the molecule is CN=C(NCC(c1ccco1)N1CCCC1)NCC(C)(C)c1cccc(OC)c1. The zero-order valence-corrected chi connectivity index (χ0v) is 18.1. The van der Waals surface area contributed by atoms with Crippen molar-refractivity contribution in [2.45, 2.75) is 38.1 Å². The number of hydrogen-bond acceptors (Lipinski definition) is 4. The van der Waals surface area contributed by atoms with Crippen molar-refractivity contribution in [3.63, 3.8) is 0 Å². The van der Waals surface area contributed by atoms with Crippen molar-refractivity contribution >= 4 is 5.96 Å². The standard InChI is InChI=1S/C23H34N4O2/c1-23(2,18-9-7-10-19(15-18)28-4)17-26-22(24-3)25-16-20(21-11-8-14-29-21)27-12-5-6-13-27/h7-11,14-15,20H,5-6,12-13,16-17H2,1-4H3,(H2,24,25,26). The molecule has 0 spiro atoms. The molecule has 2 heterocycles. The molecule has 2 aromatic rings. The average Bonchev–Trinajstić information content (AvgIpc) is 3.45. The van der Waals surface area contributed by atoms with Gasteiger partial charge in [-0.1, -0.05) is 26.0 Å². The summed E-state index contributed by atoms with van der Waals surface area (Å²) in [5, 5.41) is 6.98. The van der Waals surface area contributed by atoms with Crippen LogP contribution in [-0.2, 0) is 5.41 Å². The van der Waals surface area contributed by atoms with Crippen molar-refractivity contribution in [2.24, 2.45) is 4.99 Å². The second-order valence-corrected chi connectivity index (χ2v) is 8.20. The van der Waals surface area contributed by atoms with Crippen LogP contribution in [0.15, 0.2) is 52.1 Å². The van der Waals surface area contributed by atoms with Gasteiger partial charge in [-0.3, -0.25) is 9.89 Å². The van der Waals surface area contributed by atoms with Crippen molar-refractivity contribution in [2.75, 3.05) is 40.3 Å². The molecule has 0 radical (unpaired) electrons. The zero-order valence-electron chi connectivity index (χ0n) is 18.1. The van der Waals surface area contributed by atoms with Crippen LogP contribution in [0.1, 0.15) is 44.1 Å². The van der Waals surface area contributed by atoms with Gasteiger partial charge in [-0.05, 0) is 55.8 Å². The molecule has 1 aliphatic rings. The number of aliphatic imine (C=N–C) groups is 1. The molecule has 1 fully saturated rings. The minimum absolute atomic E-state index is 0.0679. The fourth-order valence-corrected chi connectivity index (χ4v) is 3.81. The first kappa shape index (κ1) is 21.2. The predicted molar refractivity (Wildman–Crippen MR) is 118 cm³/mol. The molecular weight excluding hydrogens is 364 g/mol. The topological polar surface area (TPSA) is 62.0 Å². The van der Waals surface area contributed by atoms with Gasteiger partial charge in [-0.25, -0.2) is 0 Å². The van der Waals surface area contributed by atoms with Crippen LogP contribution in [0.4, 0.5) is 0 Å². The van der Waals surface area contributed by atoms with Crippen molar-refractivity contribution in [3.8, 4) is 5.75 Å². The van der Waals surface area contributed by atoms with Crippen LogP contribution in [0.25, 0.3) is 0 Å². The summed E-state index contributed by atoms with van der Waals surface area (Å²) in [6.07, 6.45) is 4.25. The molecule has 158 valence electrons. The summed E-state index contributed by atoms with van der Waals surface area (Å²) in [6.45, 7) is 8.18. The van der Waals surface area contributed by atoms with E-state index < -0.39 is 0 Å². The molecule has 1 aromatic carbocycles. The van der Waals surface area contributed by atoms with Crippen LogP contribution in [0.2, 0.25) is 0 Å². The van der Waals surface area contributed by atoms with E-state index in [-0.39, 0.29) is 11.5 Å². The van der Waals surface area contributed by atoms with Gasteiger partial charge in [0.2, 0.25) is 0 Å². The van der Waals surface area contributed by atoms with E-state index in [1.165, 1.54) is 18.4 Å². The number of guanidine groups is 1. The molecule has 1 saturated heterocycles. The third kappa shape index (κ3) is 5.54. The van der Waals surface area contributed by atoms with Crippen LogP contribution >= 0.6 is 0 Å². The van der Waals surface area contributed by atoms with E-state index in [1.54, 1.807) is 13.4 Å². The third-order valence-electron chi connectivity index (χ3n) is 5.69. The lowest BCUT2D eigenvalue weighted by Crippen LogP contribution is -2.46. The maximum absolute atomic E-state index is 5.71. The molecular formula is C23H34N4O2. The molecule has 29 heavy (non-hydrogen) atoms. The Hall–Kier alpha value is -2.47. The number of hydrogen-bond donors (Lipinski definition) is 2. The molecule has 6 nitrogen and oxygen atoms in total. The molecule has 1 aliphatic heterocycles. The lowest BCUT2D eigenvalue weighted by molar-refractivity contribution is 0.215. The molecule has 0 saturated carbocycles. The summed E-state index contributed by atoms with van der Waals surface area (Å²) in [5.41, 5.74) is 1.16. The van der Waals surface area contributed by atoms with Crippen LogP contribution in [-0.4, -0.2) is 51.2 Å². The monoisotopic (exact) mass is 398 g/mol. The van der Waals surface area contributed by atoms with Crippen LogP contribution in [0.5, 0.6) is 5.75 Å². The van der Waals surface area contributed by atoms with Gasteiger partial charge in [0.05, 0.1) is 19.4 Å². The number of rotatable bonds is 8. The second-order valence-electron chi connectivity index (χ2n) is 8.20. The maximum atomic E-state index is 5.71. The number of benzene rings is 1. The van der Waals surface area contributed by atoms with E-state index in [2.05, 4.69) is 52.6 Å².